The van der Waals surface area contributed by atoms with Crippen molar-refractivity contribution in [2.75, 3.05) is 20.3 Å². The highest BCUT2D eigenvalue weighted by Crippen LogP contribution is 2.46. The maximum Gasteiger partial charge on any atom is 0.255 e. The number of hydrogen-bond acceptors (Lipinski definition) is 9. The summed E-state index contributed by atoms with van der Waals surface area (Å²) in [7, 11) is 1.40. The van der Waals surface area contributed by atoms with Crippen LogP contribution in [0.5, 0.6) is 5.75 Å². The molecule has 6 atom stereocenters. The normalized spacial score (nSPS) is 29.7. The minimum atomic E-state index is -2.61. The van der Waals surface area contributed by atoms with E-state index >= 15 is 0 Å². The van der Waals surface area contributed by atoms with Crippen molar-refractivity contribution in [1.29, 1.82) is 0 Å². The fourth-order valence-corrected chi connectivity index (χ4v) is 5.38. The van der Waals surface area contributed by atoms with Crippen LogP contribution in [0.3, 0.4) is 0 Å². The summed E-state index contributed by atoms with van der Waals surface area (Å²) in [5.41, 5.74) is 2.89. The van der Waals surface area contributed by atoms with Gasteiger partial charge in [-0.1, -0.05) is 32.4 Å². The Kier molecular flexibility index (Phi) is 8.00. The summed E-state index contributed by atoms with van der Waals surface area (Å²) in [6.07, 6.45) is 0.133. The summed E-state index contributed by atoms with van der Waals surface area (Å²) < 4.78 is 5.83. The number of likely N-dealkylation sites (N-methyl/N-ethyl adjacent to an activating group) is 1. The predicted octanol–water partition coefficient (Wildman–Crippen LogP) is 0.340. The monoisotopic (exact) mass is 490 g/mol. The van der Waals surface area contributed by atoms with Crippen molar-refractivity contribution < 1.29 is 39.5 Å². The highest BCUT2D eigenvalue weighted by atomic mass is 16.5. The second-order valence-electron chi connectivity index (χ2n) is 9.32. The smallest absolute Gasteiger partial charge is 0.255 e. The highest BCUT2D eigenvalue weighted by Gasteiger charge is 2.59. The van der Waals surface area contributed by atoms with Crippen LogP contribution in [-0.4, -0.2) is 75.9 Å². The summed E-state index contributed by atoms with van der Waals surface area (Å²) in [4.78, 5) is 38.0. The van der Waals surface area contributed by atoms with Gasteiger partial charge in [0.2, 0.25) is 5.78 Å². The maximum atomic E-state index is 13.2. The van der Waals surface area contributed by atoms with Crippen LogP contribution in [-0.2, 0) is 9.59 Å². The molecule has 0 heterocycles. The number of unbranched alkanes of at least 4 members (excludes halogenated alkanes) is 1. The first-order valence-electron chi connectivity index (χ1n) is 11.8. The number of amides is 1. The van der Waals surface area contributed by atoms with Gasteiger partial charge in [-0.15, -0.1) is 0 Å². The summed E-state index contributed by atoms with van der Waals surface area (Å²) in [5, 5.41) is 46.0. The van der Waals surface area contributed by atoms with Crippen LogP contribution in [0.25, 0.3) is 0 Å². The molecular weight excluding hydrogens is 456 g/mol. The average Bonchev–Trinajstić information content (AvgIpc) is 2.83. The van der Waals surface area contributed by atoms with E-state index in [2.05, 4.69) is 5.32 Å². The standard InChI is InChI=1S/C25H34N2O8/c1-4-5-9-35-16-8-6-7-13-12(2)14(10-15(29)17(13)16)21(30)19-20(27-3)22(31)18(24(26)33)23(32)25(19,34)11-28/h6-8,12,14,19-21,27-28,30-31,34H,4-5,9-11H2,1-3H3,(H2,26,33)/t12-,14-,19+,20-,21-,25+/m0/s1. The molecule has 0 spiro atoms. The predicted molar refractivity (Wildman–Crippen MR) is 126 cm³/mol. The van der Waals surface area contributed by atoms with Gasteiger partial charge in [-0.25, -0.2) is 0 Å². The number of primary amides is 1. The van der Waals surface area contributed by atoms with Crippen LogP contribution in [0.4, 0.5) is 0 Å². The molecule has 0 fully saturated rings. The Morgan fingerprint density at radius 3 is 2.60 bits per heavy atom. The van der Waals surface area contributed by atoms with E-state index < -0.39 is 65.1 Å². The number of ether oxygens (including phenoxy) is 1. The molecule has 0 saturated heterocycles. The van der Waals surface area contributed by atoms with Gasteiger partial charge < -0.3 is 36.2 Å². The van der Waals surface area contributed by atoms with Gasteiger partial charge in [-0.05, 0) is 36.9 Å². The molecule has 1 aromatic rings. The first kappa shape index (κ1) is 26.8. The molecule has 2 aliphatic carbocycles. The lowest BCUT2D eigenvalue weighted by atomic mass is 9.62. The molecule has 0 aromatic heterocycles. The Morgan fingerprint density at radius 2 is 2.03 bits per heavy atom. The molecule has 2 aliphatic rings. The number of fused-ring (bicyclic) bond motifs is 1. The Morgan fingerprint density at radius 1 is 1.34 bits per heavy atom. The Hall–Kier alpha value is -2.79. The van der Waals surface area contributed by atoms with Crippen LogP contribution < -0.4 is 15.8 Å². The van der Waals surface area contributed by atoms with Crippen LogP contribution in [0.15, 0.2) is 29.5 Å². The van der Waals surface area contributed by atoms with E-state index in [9.17, 15) is 34.8 Å². The minimum Gasteiger partial charge on any atom is -0.510 e. The van der Waals surface area contributed by atoms with Crippen LogP contribution in [0, 0.1) is 11.8 Å². The van der Waals surface area contributed by atoms with Gasteiger partial charge in [0.15, 0.2) is 11.4 Å². The lowest BCUT2D eigenvalue weighted by Gasteiger charge is -2.47. The molecule has 0 bridgehead atoms. The maximum absolute atomic E-state index is 13.2. The van der Waals surface area contributed by atoms with Gasteiger partial charge in [0.25, 0.3) is 5.91 Å². The van der Waals surface area contributed by atoms with Gasteiger partial charge >= 0.3 is 0 Å². The van der Waals surface area contributed by atoms with Gasteiger partial charge in [0, 0.05) is 12.3 Å². The topological polar surface area (TPSA) is 179 Å². The van der Waals surface area contributed by atoms with E-state index in [1.54, 1.807) is 18.2 Å². The Bertz CT molecular complexity index is 1040. The van der Waals surface area contributed by atoms with Gasteiger partial charge in [0.05, 0.1) is 30.9 Å². The lowest BCUT2D eigenvalue weighted by Crippen LogP contribution is -2.66. The van der Waals surface area contributed by atoms with Crippen molar-refractivity contribution in [3.63, 3.8) is 0 Å². The van der Waals surface area contributed by atoms with Crippen molar-refractivity contribution in [3.8, 4) is 5.75 Å². The molecule has 192 valence electrons. The molecule has 0 aliphatic heterocycles. The van der Waals surface area contributed by atoms with E-state index in [-0.39, 0.29) is 12.2 Å². The molecule has 0 saturated carbocycles. The minimum absolute atomic E-state index is 0.112. The van der Waals surface area contributed by atoms with Crippen molar-refractivity contribution in [3.05, 3.63) is 40.7 Å². The molecule has 10 nitrogen and oxygen atoms in total. The molecule has 3 rings (SSSR count). The number of benzene rings is 1. The van der Waals surface area contributed by atoms with Gasteiger partial charge in [0.1, 0.15) is 17.1 Å². The number of carbonyl (C=O) groups is 3. The third kappa shape index (κ3) is 4.47. The van der Waals surface area contributed by atoms with E-state index in [1.165, 1.54) is 7.05 Å². The van der Waals surface area contributed by atoms with Crippen molar-refractivity contribution in [2.24, 2.45) is 17.6 Å². The third-order valence-electron chi connectivity index (χ3n) is 7.33. The number of Topliss-reactive ketones (excluding diaryl/α,β-unsaturated/α-hetero) is 2. The lowest BCUT2D eigenvalue weighted by molar-refractivity contribution is -0.164. The van der Waals surface area contributed by atoms with Crippen LogP contribution >= 0.6 is 0 Å². The van der Waals surface area contributed by atoms with E-state index in [0.29, 0.717) is 23.5 Å². The number of aliphatic hydroxyl groups excluding tert-OH is 3. The summed E-state index contributed by atoms with van der Waals surface area (Å²) in [6.45, 7) is 3.18. The number of ketones is 2. The van der Waals surface area contributed by atoms with Crippen molar-refractivity contribution in [1.82, 2.24) is 5.32 Å². The number of carbonyl (C=O) groups excluding carboxylic acids is 3. The number of nitrogens with one attached hydrogen (secondary N) is 1. The summed E-state index contributed by atoms with van der Waals surface area (Å²) in [5.74, 6) is -5.70. The molecule has 0 radical (unpaired) electrons. The molecule has 0 unspecified atom stereocenters. The fraction of sp³-hybridized carbons (Fsp3) is 0.560. The SMILES string of the molecule is CCCCOc1cccc2c1C(=O)C[C@H]([C@H](O)[C@H]1[C@H](NC)C(O)=C(C(N)=O)C(=O)[C@@]1(O)CO)[C@H]2C. The zero-order valence-electron chi connectivity index (χ0n) is 20.2. The zero-order valence-corrected chi connectivity index (χ0v) is 20.2. The molecule has 1 aromatic carbocycles. The zero-order chi connectivity index (χ0) is 26.1. The third-order valence-corrected chi connectivity index (χ3v) is 7.33. The molecule has 1 amide bonds. The number of nitrogens with two attached hydrogens (primary N) is 1. The van der Waals surface area contributed by atoms with E-state index in [0.717, 1.165) is 12.8 Å². The number of rotatable bonds is 9. The summed E-state index contributed by atoms with van der Waals surface area (Å²) >= 11 is 0. The van der Waals surface area contributed by atoms with Crippen molar-refractivity contribution in [2.45, 2.75) is 56.8 Å². The highest BCUT2D eigenvalue weighted by molar-refractivity contribution is 6.23. The number of aliphatic hydroxyl groups is 4. The molecule has 10 heteroatoms. The largest absolute Gasteiger partial charge is 0.510 e. The second kappa shape index (κ2) is 10.4. The van der Waals surface area contributed by atoms with E-state index in [4.69, 9.17) is 10.5 Å². The number of hydrogen-bond donors (Lipinski definition) is 6. The summed E-state index contributed by atoms with van der Waals surface area (Å²) in [6, 6.07) is 3.98. The van der Waals surface area contributed by atoms with E-state index in [1.807, 2.05) is 13.8 Å². The first-order chi connectivity index (χ1) is 16.5. The van der Waals surface area contributed by atoms with Crippen LogP contribution in [0.2, 0.25) is 0 Å². The molecular formula is C25H34N2O8. The quantitative estimate of drug-likeness (QED) is 0.210. The van der Waals surface area contributed by atoms with Crippen LogP contribution in [0.1, 0.15) is 54.9 Å². The first-order valence-corrected chi connectivity index (χ1v) is 11.8. The fourth-order valence-electron chi connectivity index (χ4n) is 5.38. The molecule has 35 heavy (non-hydrogen) atoms. The Labute approximate surface area is 203 Å². The second-order valence-corrected chi connectivity index (χ2v) is 9.32. The van der Waals surface area contributed by atoms with Gasteiger partial charge in [-0.2, -0.15) is 0 Å². The van der Waals surface area contributed by atoms with Crippen molar-refractivity contribution >= 4 is 17.5 Å². The average molecular weight is 491 g/mol. The molecule has 7 N–H and O–H groups in total. The van der Waals surface area contributed by atoms with Gasteiger partial charge in [-0.3, -0.25) is 14.4 Å². The Balaban J connectivity index is 2.03.